The molecule has 30 heavy (non-hydrogen) atoms. The van der Waals surface area contributed by atoms with E-state index in [-0.39, 0.29) is 25.0 Å². The Labute approximate surface area is 175 Å². The Kier molecular flexibility index (Phi) is 11.4. The maximum absolute atomic E-state index is 11.3. The van der Waals surface area contributed by atoms with Gasteiger partial charge in [0.2, 0.25) is 0 Å². The first-order valence-corrected chi connectivity index (χ1v) is 9.73. The maximum atomic E-state index is 11.3. The fourth-order valence-electron chi connectivity index (χ4n) is 2.43. The summed E-state index contributed by atoms with van der Waals surface area (Å²) < 4.78 is 27.0. The van der Waals surface area contributed by atoms with E-state index in [0.29, 0.717) is 64.2 Å². The summed E-state index contributed by atoms with van der Waals surface area (Å²) in [4.78, 5) is 34.4. The van der Waals surface area contributed by atoms with Crippen LogP contribution in [0.25, 0.3) is 0 Å². The van der Waals surface area contributed by atoms with E-state index in [9.17, 15) is 14.4 Å². The van der Waals surface area contributed by atoms with Crippen molar-refractivity contribution in [1.29, 1.82) is 0 Å². The number of aldehydes is 1. The highest BCUT2D eigenvalue weighted by Crippen LogP contribution is 2.10. The van der Waals surface area contributed by atoms with Crippen LogP contribution in [0.15, 0.2) is 36.4 Å². The van der Waals surface area contributed by atoms with Gasteiger partial charge in [0, 0.05) is 17.7 Å². The van der Waals surface area contributed by atoms with Gasteiger partial charge in [-0.3, -0.25) is 19.3 Å². The van der Waals surface area contributed by atoms with Crippen molar-refractivity contribution in [2.24, 2.45) is 0 Å². The van der Waals surface area contributed by atoms with Crippen molar-refractivity contribution in [2.45, 2.75) is 0 Å². The number of hydrogen-bond donors (Lipinski definition) is 0. The molecule has 0 aromatic heterocycles. The quantitative estimate of drug-likeness (QED) is 0.208. The number of rotatable bonds is 17. The average molecular weight is 421 g/mol. The number of nitrogens with zero attached hydrogens (tertiary/aromatic N) is 1. The van der Waals surface area contributed by atoms with Crippen LogP contribution in [0.3, 0.4) is 0 Å². The van der Waals surface area contributed by atoms with E-state index < -0.39 is 0 Å². The Morgan fingerprint density at radius 3 is 1.63 bits per heavy atom. The summed E-state index contributed by atoms with van der Waals surface area (Å²) in [5.74, 6) is 0.0781. The second-order valence-electron chi connectivity index (χ2n) is 6.15. The smallest absolute Gasteiger partial charge is 0.253 e. The summed E-state index contributed by atoms with van der Waals surface area (Å²) in [6.45, 7) is 3.98. The topological polar surface area (TPSA) is 101 Å². The van der Waals surface area contributed by atoms with Crippen LogP contribution in [0.2, 0.25) is 0 Å². The van der Waals surface area contributed by atoms with Crippen molar-refractivity contribution in [3.63, 3.8) is 0 Å². The van der Waals surface area contributed by atoms with Gasteiger partial charge in [0.1, 0.15) is 18.6 Å². The van der Waals surface area contributed by atoms with Crippen molar-refractivity contribution in [2.75, 3.05) is 66.0 Å². The van der Waals surface area contributed by atoms with Gasteiger partial charge in [0.25, 0.3) is 11.8 Å². The van der Waals surface area contributed by atoms with E-state index in [1.165, 1.54) is 12.2 Å². The molecule has 1 heterocycles. The molecule has 1 aromatic carbocycles. The largest absolute Gasteiger partial charge is 0.491 e. The van der Waals surface area contributed by atoms with Crippen LogP contribution in [0.4, 0.5) is 0 Å². The number of hydrogen-bond acceptors (Lipinski definition) is 8. The van der Waals surface area contributed by atoms with E-state index >= 15 is 0 Å². The highest BCUT2D eigenvalue weighted by Gasteiger charge is 2.22. The zero-order chi connectivity index (χ0) is 21.4. The van der Waals surface area contributed by atoms with Crippen LogP contribution in [-0.2, 0) is 28.5 Å². The minimum atomic E-state index is -0.307. The molecule has 0 spiro atoms. The van der Waals surface area contributed by atoms with Gasteiger partial charge >= 0.3 is 0 Å². The first-order chi connectivity index (χ1) is 14.7. The molecule has 0 saturated carbocycles. The summed E-state index contributed by atoms with van der Waals surface area (Å²) in [5, 5.41) is 0. The second kappa shape index (κ2) is 14.4. The monoisotopic (exact) mass is 421 g/mol. The summed E-state index contributed by atoms with van der Waals surface area (Å²) in [5.41, 5.74) is 0.609. The molecule has 1 aliphatic rings. The Morgan fingerprint density at radius 2 is 1.13 bits per heavy atom. The molecule has 1 aromatic rings. The molecule has 0 aliphatic carbocycles. The number of benzene rings is 1. The Morgan fingerprint density at radius 1 is 0.667 bits per heavy atom. The molecular formula is C21H27NO8. The molecule has 0 bridgehead atoms. The number of ether oxygens (including phenoxy) is 5. The first kappa shape index (κ1) is 23.7. The van der Waals surface area contributed by atoms with E-state index in [0.717, 1.165) is 11.2 Å². The predicted octanol–water partition coefficient (Wildman–Crippen LogP) is 0.869. The van der Waals surface area contributed by atoms with Crippen molar-refractivity contribution < 1.29 is 38.1 Å². The Bertz CT molecular complexity index is 671. The standard InChI is InChI=1S/C21H27NO8/c23-17-18-1-3-19(4-2-18)30-16-15-29-14-13-28-12-11-27-10-9-26-8-7-22-20(24)5-6-21(22)25/h1-6,17H,7-16H2. The van der Waals surface area contributed by atoms with Gasteiger partial charge in [-0.1, -0.05) is 0 Å². The van der Waals surface area contributed by atoms with E-state index in [1.807, 2.05) is 0 Å². The van der Waals surface area contributed by atoms with Crippen LogP contribution in [0.1, 0.15) is 10.4 Å². The molecule has 164 valence electrons. The van der Waals surface area contributed by atoms with Crippen molar-refractivity contribution in [1.82, 2.24) is 4.90 Å². The second-order valence-corrected chi connectivity index (χ2v) is 6.15. The number of carbonyl (C=O) groups excluding carboxylic acids is 3. The van der Waals surface area contributed by atoms with Crippen molar-refractivity contribution in [3.8, 4) is 5.75 Å². The number of imide groups is 1. The van der Waals surface area contributed by atoms with Gasteiger partial charge in [0.15, 0.2) is 0 Å². The molecule has 0 saturated heterocycles. The molecule has 9 heteroatoms. The third-order valence-electron chi connectivity index (χ3n) is 3.99. The zero-order valence-corrected chi connectivity index (χ0v) is 16.8. The minimum Gasteiger partial charge on any atom is -0.491 e. The van der Waals surface area contributed by atoms with Gasteiger partial charge in [-0.05, 0) is 24.3 Å². The molecule has 2 amide bonds. The van der Waals surface area contributed by atoms with Crippen LogP contribution < -0.4 is 4.74 Å². The lowest BCUT2D eigenvalue weighted by molar-refractivity contribution is -0.137. The van der Waals surface area contributed by atoms with Gasteiger partial charge in [-0.2, -0.15) is 0 Å². The maximum Gasteiger partial charge on any atom is 0.253 e. The fourth-order valence-corrected chi connectivity index (χ4v) is 2.43. The van der Waals surface area contributed by atoms with Crippen molar-refractivity contribution in [3.05, 3.63) is 42.0 Å². The molecule has 0 atom stereocenters. The Hall–Kier alpha value is -2.59. The van der Waals surface area contributed by atoms with Gasteiger partial charge in [-0.15, -0.1) is 0 Å². The normalized spacial score (nSPS) is 13.3. The molecule has 2 rings (SSSR count). The highest BCUT2D eigenvalue weighted by molar-refractivity contribution is 6.12. The van der Waals surface area contributed by atoms with E-state index in [2.05, 4.69) is 0 Å². The fraction of sp³-hybridized carbons (Fsp3) is 0.476. The van der Waals surface area contributed by atoms with Crippen LogP contribution in [-0.4, -0.2) is 89.0 Å². The van der Waals surface area contributed by atoms with Crippen molar-refractivity contribution >= 4 is 18.1 Å². The SMILES string of the molecule is O=Cc1ccc(OCCOCCOCCOCCOCCN2C(=O)C=CC2=O)cc1. The molecular weight excluding hydrogens is 394 g/mol. The van der Waals surface area contributed by atoms with Gasteiger partial charge in [0.05, 0.1) is 59.4 Å². The predicted molar refractivity (Wildman–Crippen MR) is 106 cm³/mol. The number of amides is 2. The summed E-state index contributed by atoms with van der Waals surface area (Å²) >= 11 is 0. The molecule has 0 radical (unpaired) electrons. The van der Waals surface area contributed by atoms with Crippen LogP contribution in [0.5, 0.6) is 5.75 Å². The molecule has 0 N–H and O–H groups in total. The lowest BCUT2D eigenvalue weighted by Gasteiger charge is -2.13. The van der Waals surface area contributed by atoms with Crippen LogP contribution >= 0.6 is 0 Å². The van der Waals surface area contributed by atoms with E-state index in [4.69, 9.17) is 23.7 Å². The summed E-state index contributed by atoms with van der Waals surface area (Å²) in [6.07, 6.45) is 3.29. The lowest BCUT2D eigenvalue weighted by atomic mass is 10.2. The van der Waals surface area contributed by atoms with Crippen LogP contribution in [0, 0.1) is 0 Å². The zero-order valence-electron chi connectivity index (χ0n) is 16.8. The first-order valence-electron chi connectivity index (χ1n) is 9.73. The average Bonchev–Trinajstić information content (AvgIpc) is 3.08. The Balaban J connectivity index is 1.30. The molecule has 0 fully saturated rings. The minimum absolute atomic E-state index is 0.241. The summed E-state index contributed by atoms with van der Waals surface area (Å²) in [7, 11) is 0. The number of carbonyl (C=O) groups is 3. The molecule has 0 unspecified atom stereocenters. The van der Waals surface area contributed by atoms with E-state index in [1.54, 1.807) is 24.3 Å². The third kappa shape index (κ3) is 9.27. The summed E-state index contributed by atoms with van der Waals surface area (Å²) in [6, 6.07) is 6.87. The molecule has 1 aliphatic heterocycles. The van der Waals surface area contributed by atoms with Gasteiger partial charge < -0.3 is 23.7 Å². The van der Waals surface area contributed by atoms with Gasteiger partial charge in [-0.25, -0.2) is 0 Å². The molecule has 9 nitrogen and oxygen atoms in total. The highest BCUT2D eigenvalue weighted by atomic mass is 16.6. The lowest BCUT2D eigenvalue weighted by Crippen LogP contribution is -2.33. The third-order valence-corrected chi connectivity index (χ3v) is 3.99.